The van der Waals surface area contributed by atoms with Gasteiger partial charge in [-0.15, -0.1) is 0 Å². The Morgan fingerprint density at radius 1 is 1.19 bits per heavy atom. The minimum absolute atomic E-state index is 0.0139. The van der Waals surface area contributed by atoms with E-state index in [1.165, 1.54) is 19.3 Å². The second-order valence-electron chi connectivity index (χ2n) is 4.30. The van der Waals surface area contributed by atoms with Gasteiger partial charge in [0.1, 0.15) is 0 Å². The van der Waals surface area contributed by atoms with Crippen LogP contribution in [0, 0.1) is 6.92 Å². The molecule has 3 heteroatoms. The van der Waals surface area contributed by atoms with E-state index < -0.39 is 0 Å². The molecule has 0 atom stereocenters. The van der Waals surface area contributed by atoms with Gasteiger partial charge in [0.15, 0.2) is 0 Å². The van der Waals surface area contributed by atoms with E-state index in [9.17, 15) is 4.79 Å². The fourth-order valence-corrected chi connectivity index (χ4v) is 2.04. The molecule has 1 N–H and O–H groups in total. The molecule has 0 saturated carbocycles. The van der Waals surface area contributed by atoms with Gasteiger partial charge in [-0.05, 0) is 31.4 Å². The molecule has 1 heterocycles. The Morgan fingerprint density at radius 2 is 1.88 bits per heavy atom. The van der Waals surface area contributed by atoms with E-state index >= 15 is 0 Å². The summed E-state index contributed by atoms with van der Waals surface area (Å²) in [6.07, 6.45) is 3.62. The number of nitrogens with zero attached hydrogens (tertiary/aromatic N) is 1. The van der Waals surface area contributed by atoms with Crippen molar-refractivity contribution in [3.05, 3.63) is 35.4 Å². The molecule has 1 saturated heterocycles. The maximum Gasteiger partial charge on any atom is 0.265 e. The second-order valence-corrected chi connectivity index (χ2v) is 4.30. The summed E-state index contributed by atoms with van der Waals surface area (Å²) >= 11 is 0. The fraction of sp³-hybridized carbons (Fsp3) is 0.462. The van der Waals surface area contributed by atoms with Crippen LogP contribution in [0.2, 0.25) is 0 Å². The molecule has 0 unspecified atom stereocenters. The smallest absolute Gasteiger partial charge is 0.265 e. The third-order valence-corrected chi connectivity index (χ3v) is 3.01. The van der Waals surface area contributed by atoms with Crippen LogP contribution in [0.15, 0.2) is 24.3 Å². The number of carbonyl (C=O) groups is 1. The van der Waals surface area contributed by atoms with Crippen molar-refractivity contribution in [1.82, 2.24) is 10.4 Å². The minimum atomic E-state index is 0.0139. The number of amides is 1. The standard InChI is InChI=1S/C13H18N2O/c1-11-7-3-4-8-12(11)13(16)14-15-9-5-2-6-10-15/h3-4,7-8H,2,5-6,9-10H2,1H3,(H,14,16). The van der Waals surface area contributed by atoms with Crippen LogP contribution < -0.4 is 5.43 Å². The van der Waals surface area contributed by atoms with Gasteiger partial charge in [0, 0.05) is 18.7 Å². The first-order valence-corrected chi connectivity index (χ1v) is 5.89. The zero-order valence-electron chi connectivity index (χ0n) is 9.70. The van der Waals surface area contributed by atoms with Crippen molar-refractivity contribution in [1.29, 1.82) is 0 Å². The molecule has 0 aromatic heterocycles. The number of piperidine rings is 1. The van der Waals surface area contributed by atoms with Gasteiger partial charge in [-0.25, -0.2) is 5.01 Å². The first-order valence-electron chi connectivity index (χ1n) is 5.89. The lowest BCUT2D eigenvalue weighted by Crippen LogP contribution is -2.45. The monoisotopic (exact) mass is 218 g/mol. The molecule has 1 aromatic carbocycles. The first kappa shape index (κ1) is 11.1. The lowest BCUT2D eigenvalue weighted by atomic mass is 10.1. The van der Waals surface area contributed by atoms with Crippen LogP contribution in [0.5, 0.6) is 0 Å². The van der Waals surface area contributed by atoms with Crippen molar-refractivity contribution in [2.75, 3.05) is 13.1 Å². The average Bonchev–Trinajstić information content (AvgIpc) is 2.31. The van der Waals surface area contributed by atoms with Gasteiger partial charge in [0.2, 0.25) is 0 Å². The summed E-state index contributed by atoms with van der Waals surface area (Å²) in [6.45, 7) is 3.90. The van der Waals surface area contributed by atoms with Crippen molar-refractivity contribution in [2.45, 2.75) is 26.2 Å². The van der Waals surface area contributed by atoms with Gasteiger partial charge in [0.25, 0.3) is 5.91 Å². The summed E-state index contributed by atoms with van der Waals surface area (Å²) in [4.78, 5) is 12.0. The molecule has 0 bridgehead atoms. The number of carbonyl (C=O) groups excluding carboxylic acids is 1. The highest BCUT2D eigenvalue weighted by molar-refractivity contribution is 5.95. The summed E-state index contributed by atoms with van der Waals surface area (Å²) < 4.78 is 0. The molecule has 16 heavy (non-hydrogen) atoms. The van der Waals surface area contributed by atoms with Crippen LogP contribution in [0.25, 0.3) is 0 Å². The van der Waals surface area contributed by atoms with Crippen LogP contribution in [-0.4, -0.2) is 24.0 Å². The van der Waals surface area contributed by atoms with Gasteiger partial charge >= 0.3 is 0 Å². The maximum absolute atomic E-state index is 12.0. The van der Waals surface area contributed by atoms with Gasteiger partial charge in [-0.1, -0.05) is 24.6 Å². The number of rotatable bonds is 2. The molecule has 0 radical (unpaired) electrons. The van der Waals surface area contributed by atoms with E-state index in [1.807, 2.05) is 36.2 Å². The Bertz CT molecular complexity index is 370. The highest BCUT2D eigenvalue weighted by Crippen LogP contribution is 2.09. The zero-order chi connectivity index (χ0) is 11.4. The molecular weight excluding hydrogens is 200 g/mol. The normalized spacial score (nSPS) is 17.1. The molecule has 1 aliphatic heterocycles. The number of hydrazine groups is 1. The summed E-state index contributed by atoms with van der Waals surface area (Å²) in [5, 5.41) is 2.03. The summed E-state index contributed by atoms with van der Waals surface area (Å²) in [5.41, 5.74) is 4.77. The summed E-state index contributed by atoms with van der Waals surface area (Å²) in [7, 11) is 0. The van der Waals surface area contributed by atoms with Crippen molar-refractivity contribution in [3.8, 4) is 0 Å². The predicted octanol–water partition coefficient (Wildman–Crippen LogP) is 2.13. The second kappa shape index (κ2) is 5.12. The molecular formula is C13H18N2O. The molecule has 0 aliphatic carbocycles. The first-order chi connectivity index (χ1) is 7.77. The SMILES string of the molecule is Cc1ccccc1C(=O)NN1CCCCC1. The molecule has 2 rings (SSSR count). The number of aryl methyl sites for hydroxylation is 1. The van der Waals surface area contributed by atoms with E-state index in [-0.39, 0.29) is 5.91 Å². The van der Waals surface area contributed by atoms with Crippen molar-refractivity contribution in [2.24, 2.45) is 0 Å². The number of benzene rings is 1. The Balaban J connectivity index is 2.00. The van der Waals surface area contributed by atoms with Crippen LogP contribution in [0.4, 0.5) is 0 Å². The van der Waals surface area contributed by atoms with Crippen molar-refractivity contribution < 1.29 is 4.79 Å². The molecule has 1 aromatic rings. The van der Waals surface area contributed by atoms with Crippen LogP contribution in [-0.2, 0) is 0 Å². The van der Waals surface area contributed by atoms with E-state index in [0.29, 0.717) is 0 Å². The van der Waals surface area contributed by atoms with Crippen molar-refractivity contribution >= 4 is 5.91 Å². The molecule has 3 nitrogen and oxygen atoms in total. The molecule has 86 valence electrons. The van der Waals surface area contributed by atoms with Gasteiger partial charge < -0.3 is 0 Å². The fourth-order valence-electron chi connectivity index (χ4n) is 2.04. The largest absolute Gasteiger partial charge is 0.285 e. The maximum atomic E-state index is 12.0. The Hall–Kier alpha value is -1.35. The summed E-state index contributed by atoms with van der Waals surface area (Å²) in [5.74, 6) is 0.0139. The van der Waals surface area contributed by atoms with E-state index in [1.54, 1.807) is 0 Å². The minimum Gasteiger partial charge on any atom is -0.285 e. The predicted molar refractivity (Wildman–Crippen MR) is 64.1 cm³/mol. The Kier molecular flexibility index (Phi) is 3.57. The Morgan fingerprint density at radius 3 is 2.56 bits per heavy atom. The summed E-state index contributed by atoms with van der Waals surface area (Å²) in [6, 6.07) is 7.69. The molecule has 0 spiro atoms. The van der Waals surface area contributed by atoms with E-state index in [2.05, 4.69) is 5.43 Å². The number of nitrogens with one attached hydrogen (secondary N) is 1. The molecule has 1 amide bonds. The number of hydrogen-bond acceptors (Lipinski definition) is 2. The molecule has 1 aliphatic rings. The quantitative estimate of drug-likeness (QED) is 0.824. The zero-order valence-corrected chi connectivity index (χ0v) is 9.70. The van der Waals surface area contributed by atoms with Crippen LogP contribution in [0.1, 0.15) is 35.2 Å². The third-order valence-electron chi connectivity index (χ3n) is 3.01. The van der Waals surface area contributed by atoms with Crippen molar-refractivity contribution in [3.63, 3.8) is 0 Å². The average molecular weight is 218 g/mol. The van der Waals surface area contributed by atoms with Gasteiger partial charge in [0.05, 0.1) is 0 Å². The third kappa shape index (κ3) is 2.61. The molecule has 1 fully saturated rings. The van der Waals surface area contributed by atoms with Crippen LogP contribution in [0.3, 0.4) is 0 Å². The highest BCUT2D eigenvalue weighted by Gasteiger charge is 2.14. The van der Waals surface area contributed by atoms with Gasteiger partial charge in [-0.2, -0.15) is 0 Å². The highest BCUT2D eigenvalue weighted by atomic mass is 16.2. The van der Waals surface area contributed by atoms with Crippen LogP contribution >= 0.6 is 0 Å². The van der Waals surface area contributed by atoms with E-state index in [4.69, 9.17) is 0 Å². The topological polar surface area (TPSA) is 32.3 Å². The van der Waals surface area contributed by atoms with Gasteiger partial charge in [-0.3, -0.25) is 10.2 Å². The van der Waals surface area contributed by atoms with E-state index in [0.717, 1.165) is 24.2 Å². The lowest BCUT2D eigenvalue weighted by Gasteiger charge is -2.27. The lowest BCUT2D eigenvalue weighted by molar-refractivity contribution is 0.0749. The number of hydrogen-bond donors (Lipinski definition) is 1. The Labute approximate surface area is 96.4 Å².